The molecule has 1 heterocycles. The van der Waals surface area contributed by atoms with Gasteiger partial charge in [-0.15, -0.1) is 24.0 Å². The summed E-state index contributed by atoms with van der Waals surface area (Å²) in [5.74, 6) is 1.49. The maximum atomic E-state index is 11.9. The van der Waals surface area contributed by atoms with Crippen LogP contribution in [0.3, 0.4) is 0 Å². The number of hydrogen-bond acceptors (Lipinski definition) is 4. The van der Waals surface area contributed by atoms with Crippen LogP contribution in [0.25, 0.3) is 0 Å². The van der Waals surface area contributed by atoms with Gasteiger partial charge in [0.1, 0.15) is 18.4 Å². The molecule has 170 valence electrons. The molecule has 2 unspecified atom stereocenters. The van der Waals surface area contributed by atoms with Gasteiger partial charge < -0.3 is 20.3 Å². The van der Waals surface area contributed by atoms with Crippen molar-refractivity contribution in [3.63, 3.8) is 0 Å². The number of amides is 1. The molecule has 1 fully saturated rings. The first-order valence-corrected chi connectivity index (χ1v) is 10.6. The third-order valence-electron chi connectivity index (χ3n) is 5.17. The van der Waals surface area contributed by atoms with Gasteiger partial charge in [-0.1, -0.05) is 19.1 Å². The lowest BCUT2D eigenvalue weighted by atomic mass is 10.2. The van der Waals surface area contributed by atoms with Crippen LogP contribution < -0.4 is 15.4 Å². The number of aliphatic imine (C=N–C) groups is 1. The SMILES string of the molecule is CCN1CCCC1CNC(=NCC(=O)N(C)C)NCC(C)Oc1cccc(C)c1.I. The van der Waals surface area contributed by atoms with Crippen molar-refractivity contribution < 1.29 is 9.53 Å². The molecule has 0 saturated carbocycles. The average molecular weight is 531 g/mol. The molecule has 1 aromatic carbocycles. The lowest BCUT2D eigenvalue weighted by Crippen LogP contribution is -2.47. The topological polar surface area (TPSA) is 69.2 Å². The average Bonchev–Trinajstić information content (AvgIpc) is 3.14. The molecule has 1 saturated heterocycles. The molecule has 2 atom stereocenters. The van der Waals surface area contributed by atoms with E-state index in [0.29, 0.717) is 18.5 Å². The van der Waals surface area contributed by atoms with Gasteiger partial charge >= 0.3 is 0 Å². The summed E-state index contributed by atoms with van der Waals surface area (Å²) in [5, 5.41) is 6.75. The van der Waals surface area contributed by atoms with Gasteiger partial charge in [0, 0.05) is 26.7 Å². The quantitative estimate of drug-likeness (QED) is 0.291. The first-order chi connectivity index (χ1) is 13.9. The van der Waals surface area contributed by atoms with Crippen molar-refractivity contribution in [2.75, 3.05) is 46.8 Å². The van der Waals surface area contributed by atoms with Crippen LogP contribution in [0.4, 0.5) is 0 Å². The number of likely N-dealkylation sites (N-methyl/N-ethyl adjacent to an activating group) is 2. The second kappa shape index (κ2) is 13.7. The Morgan fingerprint density at radius 1 is 1.37 bits per heavy atom. The predicted molar refractivity (Wildman–Crippen MR) is 134 cm³/mol. The smallest absolute Gasteiger partial charge is 0.243 e. The number of guanidine groups is 1. The number of carbonyl (C=O) groups excluding carboxylic acids is 1. The highest BCUT2D eigenvalue weighted by atomic mass is 127. The van der Waals surface area contributed by atoms with E-state index in [0.717, 1.165) is 25.4 Å². The standard InChI is InChI=1S/C22H37N5O2.HI/c1-6-27-12-8-10-19(27)15-24-22(25-16-21(28)26(4)5)23-14-18(3)29-20-11-7-9-17(2)13-20;/h7,9,11,13,18-19H,6,8,10,12,14-16H2,1-5H3,(H2,23,24,25);1H. The molecule has 8 heteroatoms. The largest absolute Gasteiger partial charge is 0.489 e. The summed E-state index contributed by atoms with van der Waals surface area (Å²) in [6.07, 6.45) is 2.39. The zero-order valence-corrected chi connectivity index (χ0v) is 21.3. The Hall–Kier alpha value is -1.55. The van der Waals surface area contributed by atoms with E-state index < -0.39 is 0 Å². The minimum absolute atomic E-state index is 0. The van der Waals surface area contributed by atoms with Crippen LogP contribution in [0.5, 0.6) is 5.75 Å². The Kier molecular flexibility index (Phi) is 12.1. The van der Waals surface area contributed by atoms with Gasteiger partial charge in [-0.2, -0.15) is 0 Å². The van der Waals surface area contributed by atoms with Gasteiger partial charge in [0.2, 0.25) is 5.91 Å². The van der Waals surface area contributed by atoms with E-state index in [1.54, 1.807) is 19.0 Å². The monoisotopic (exact) mass is 531 g/mol. The number of aryl methyl sites for hydroxylation is 1. The minimum Gasteiger partial charge on any atom is -0.489 e. The lowest BCUT2D eigenvalue weighted by Gasteiger charge is -2.24. The molecular weight excluding hydrogens is 493 g/mol. The second-order valence-electron chi connectivity index (χ2n) is 7.88. The Balaban J connectivity index is 0.00000450. The second-order valence-corrected chi connectivity index (χ2v) is 7.88. The number of halogens is 1. The van der Waals surface area contributed by atoms with Crippen LogP contribution >= 0.6 is 24.0 Å². The van der Waals surface area contributed by atoms with E-state index in [9.17, 15) is 4.79 Å². The van der Waals surface area contributed by atoms with Gasteiger partial charge in [0.05, 0.1) is 6.54 Å². The van der Waals surface area contributed by atoms with E-state index in [2.05, 4.69) is 40.4 Å². The highest BCUT2D eigenvalue weighted by Crippen LogP contribution is 2.15. The Morgan fingerprint density at radius 3 is 2.80 bits per heavy atom. The molecule has 1 aliphatic heterocycles. The number of hydrogen-bond donors (Lipinski definition) is 2. The van der Waals surface area contributed by atoms with E-state index in [4.69, 9.17) is 4.74 Å². The van der Waals surface area contributed by atoms with E-state index in [1.165, 1.54) is 18.4 Å². The number of nitrogens with zero attached hydrogens (tertiary/aromatic N) is 3. The Bertz CT molecular complexity index is 683. The van der Waals surface area contributed by atoms with Crippen LogP contribution in [0.2, 0.25) is 0 Å². The lowest BCUT2D eigenvalue weighted by molar-refractivity contribution is -0.127. The molecular formula is C22H38IN5O2. The van der Waals surface area contributed by atoms with Gasteiger partial charge in [-0.3, -0.25) is 9.69 Å². The first-order valence-electron chi connectivity index (χ1n) is 10.6. The Morgan fingerprint density at radius 2 is 2.13 bits per heavy atom. The van der Waals surface area contributed by atoms with Crippen LogP contribution in [-0.4, -0.2) is 80.6 Å². The van der Waals surface area contributed by atoms with Crippen molar-refractivity contribution in [2.45, 2.75) is 45.8 Å². The van der Waals surface area contributed by atoms with Crippen molar-refractivity contribution in [3.8, 4) is 5.75 Å². The molecule has 2 rings (SSSR count). The molecule has 1 aromatic rings. The summed E-state index contributed by atoms with van der Waals surface area (Å²) in [5.41, 5.74) is 1.17. The number of benzene rings is 1. The van der Waals surface area contributed by atoms with Crippen molar-refractivity contribution in [1.82, 2.24) is 20.4 Å². The van der Waals surface area contributed by atoms with Crippen molar-refractivity contribution >= 4 is 35.8 Å². The van der Waals surface area contributed by atoms with Crippen LogP contribution in [0.15, 0.2) is 29.3 Å². The van der Waals surface area contributed by atoms with Gasteiger partial charge in [0.15, 0.2) is 5.96 Å². The summed E-state index contributed by atoms with van der Waals surface area (Å²) in [4.78, 5) is 20.5. The number of likely N-dealkylation sites (tertiary alicyclic amines) is 1. The van der Waals surface area contributed by atoms with Crippen molar-refractivity contribution in [1.29, 1.82) is 0 Å². The summed E-state index contributed by atoms with van der Waals surface area (Å²) >= 11 is 0. The number of ether oxygens (including phenoxy) is 1. The third kappa shape index (κ3) is 9.07. The van der Waals surface area contributed by atoms with E-state index in [1.807, 2.05) is 25.1 Å². The highest BCUT2D eigenvalue weighted by molar-refractivity contribution is 14.0. The number of nitrogens with one attached hydrogen (secondary N) is 2. The normalized spacial score (nSPS) is 17.8. The van der Waals surface area contributed by atoms with Crippen molar-refractivity contribution in [2.24, 2.45) is 4.99 Å². The Labute approximate surface area is 198 Å². The van der Waals surface area contributed by atoms with E-state index >= 15 is 0 Å². The summed E-state index contributed by atoms with van der Waals surface area (Å²) < 4.78 is 5.99. The van der Waals surface area contributed by atoms with Crippen molar-refractivity contribution in [3.05, 3.63) is 29.8 Å². The molecule has 2 N–H and O–H groups in total. The zero-order valence-electron chi connectivity index (χ0n) is 19.0. The molecule has 0 spiro atoms. The fraction of sp³-hybridized carbons (Fsp3) is 0.636. The molecule has 0 bridgehead atoms. The van der Waals surface area contributed by atoms with Gasteiger partial charge in [-0.25, -0.2) is 4.99 Å². The molecule has 1 amide bonds. The summed E-state index contributed by atoms with van der Waals surface area (Å²) in [7, 11) is 3.49. The fourth-order valence-corrected chi connectivity index (χ4v) is 3.42. The summed E-state index contributed by atoms with van der Waals surface area (Å²) in [6.45, 7) is 10.0. The maximum absolute atomic E-state index is 11.9. The van der Waals surface area contributed by atoms with Gasteiger partial charge in [0.25, 0.3) is 0 Å². The first kappa shape index (κ1) is 26.5. The highest BCUT2D eigenvalue weighted by Gasteiger charge is 2.23. The van der Waals surface area contributed by atoms with Crippen LogP contribution in [0.1, 0.15) is 32.3 Å². The number of carbonyl (C=O) groups is 1. The van der Waals surface area contributed by atoms with Gasteiger partial charge in [-0.05, 0) is 57.5 Å². The predicted octanol–water partition coefficient (Wildman–Crippen LogP) is 2.49. The van der Waals surface area contributed by atoms with Crippen LogP contribution in [0, 0.1) is 6.92 Å². The molecule has 0 aliphatic carbocycles. The summed E-state index contributed by atoms with van der Waals surface area (Å²) in [6, 6.07) is 8.55. The maximum Gasteiger partial charge on any atom is 0.243 e. The van der Waals surface area contributed by atoms with Crippen LogP contribution in [-0.2, 0) is 4.79 Å². The molecule has 7 nitrogen and oxygen atoms in total. The fourth-order valence-electron chi connectivity index (χ4n) is 3.42. The van der Waals surface area contributed by atoms with E-state index in [-0.39, 0.29) is 42.5 Å². The number of rotatable bonds is 9. The zero-order chi connectivity index (χ0) is 21.2. The molecule has 1 aliphatic rings. The third-order valence-corrected chi connectivity index (χ3v) is 5.17. The molecule has 30 heavy (non-hydrogen) atoms. The molecule has 0 radical (unpaired) electrons. The molecule has 0 aromatic heterocycles. The minimum atomic E-state index is -0.0352.